The van der Waals surface area contributed by atoms with Crippen LogP contribution in [0.15, 0.2) is 45.0 Å². The van der Waals surface area contributed by atoms with Crippen molar-refractivity contribution in [2.24, 2.45) is 5.10 Å². The summed E-state index contributed by atoms with van der Waals surface area (Å²) in [5, 5.41) is 11.2. The monoisotopic (exact) mass is 416 g/mol. The van der Waals surface area contributed by atoms with Crippen molar-refractivity contribution >= 4 is 29.6 Å². The Morgan fingerprint density at radius 3 is 2.85 bits per heavy atom. The van der Waals surface area contributed by atoms with Crippen molar-refractivity contribution in [1.82, 2.24) is 14.9 Å². The van der Waals surface area contributed by atoms with Crippen LogP contribution in [0.2, 0.25) is 5.02 Å². The standard InChI is InChI=1S/C16H12ClF3N4O2S/c1-27-16-23-22-15(14(19)20)24(16)21-7-10-2-3-11(26-10)8-25-9-4-5-13(18)12(17)6-9/h2-7,14H,8H2,1H3/b21-7+. The largest absolute Gasteiger partial charge is 0.486 e. The Bertz CT molecular complexity index is 961. The summed E-state index contributed by atoms with van der Waals surface area (Å²) in [5.74, 6) is 0.0661. The molecule has 0 spiro atoms. The van der Waals surface area contributed by atoms with E-state index in [1.54, 1.807) is 18.4 Å². The number of hydrogen-bond acceptors (Lipinski definition) is 6. The van der Waals surface area contributed by atoms with Crippen LogP contribution in [0.3, 0.4) is 0 Å². The third-order valence-corrected chi connectivity index (χ3v) is 4.18. The van der Waals surface area contributed by atoms with Crippen LogP contribution in [0.4, 0.5) is 13.2 Å². The van der Waals surface area contributed by atoms with Crippen LogP contribution in [-0.4, -0.2) is 27.3 Å². The van der Waals surface area contributed by atoms with E-state index in [1.165, 1.54) is 24.4 Å². The first-order valence-electron chi connectivity index (χ1n) is 7.46. The van der Waals surface area contributed by atoms with E-state index in [2.05, 4.69) is 15.3 Å². The van der Waals surface area contributed by atoms with Gasteiger partial charge in [-0.05, 0) is 30.5 Å². The Kier molecular flexibility index (Phi) is 6.07. The molecule has 0 atom stereocenters. The highest BCUT2D eigenvalue weighted by molar-refractivity contribution is 7.98. The van der Waals surface area contributed by atoms with Crippen LogP contribution in [-0.2, 0) is 6.61 Å². The van der Waals surface area contributed by atoms with Gasteiger partial charge in [-0.15, -0.1) is 10.2 Å². The fraction of sp³-hybridized carbons (Fsp3) is 0.188. The van der Waals surface area contributed by atoms with Crippen molar-refractivity contribution in [2.75, 3.05) is 6.26 Å². The van der Waals surface area contributed by atoms with E-state index in [1.807, 2.05) is 0 Å². The number of hydrogen-bond donors (Lipinski definition) is 0. The van der Waals surface area contributed by atoms with Crippen LogP contribution >= 0.6 is 23.4 Å². The van der Waals surface area contributed by atoms with Crippen LogP contribution in [0.25, 0.3) is 0 Å². The van der Waals surface area contributed by atoms with Gasteiger partial charge in [0.15, 0.2) is 0 Å². The Morgan fingerprint density at radius 2 is 2.15 bits per heavy atom. The molecule has 6 nitrogen and oxygen atoms in total. The topological polar surface area (TPSA) is 65.4 Å². The minimum absolute atomic E-state index is 0.0480. The van der Waals surface area contributed by atoms with Crippen molar-refractivity contribution in [3.8, 4) is 5.75 Å². The molecule has 0 aliphatic rings. The van der Waals surface area contributed by atoms with E-state index in [4.69, 9.17) is 20.8 Å². The minimum Gasteiger partial charge on any atom is -0.486 e. The number of thioether (sulfide) groups is 1. The molecule has 0 bridgehead atoms. The summed E-state index contributed by atoms with van der Waals surface area (Å²) < 4.78 is 50.9. The SMILES string of the molecule is CSc1nnc(C(F)F)n1/N=C/c1ccc(COc2ccc(F)c(Cl)c2)o1. The summed E-state index contributed by atoms with van der Waals surface area (Å²) in [4.78, 5) is 0. The molecule has 2 heterocycles. The molecule has 0 amide bonds. The predicted molar refractivity (Wildman–Crippen MR) is 94.2 cm³/mol. The number of nitrogens with zero attached hydrogens (tertiary/aromatic N) is 4. The maximum absolute atomic E-state index is 13.1. The molecular weight excluding hydrogens is 405 g/mol. The van der Waals surface area contributed by atoms with E-state index in [9.17, 15) is 13.2 Å². The molecule has 27 heavy (non-hydrogen) atoms. The van der Waals surface area contributed by atoms with Gasteiger partial charge >= 0.3 is 0 Å². The van der Waals surface area contributed by atoms with E-state index >= 15 is 0 Å². The fourth-order valence-corrected chi connectivity index (χ4v) is 2.63. The average molecular weight is 417 g/mol. The number of aromatic nitrogens is 3. The van der Waals surface area contributed by atoms with E-state index in [-0.39, 0.29) is 16.8 Å². The van der Waals surface area contributed by atoms with Crippen molar-refractivity contribution < 1.29 is 22.3 Å². The summed E-state index contributed by atoms with van der Waals surface area (Å²) in [6.07, 6.45) is 0.140. The van der Waals surface area contributed by atoms with Gasteiger partial charge in [0.25, 0.3) is 6.43 Å². The Hall–Kier alpha value is -2.46. The lowest BCUT2D eigenvalue weighted by Gasteiger charge is -2.04. The van der Waals surface area contributed by atoms with Gasteiger partial charge in [0.2, 0.25) is 11.0 Å². The minimum atomic E-state index is -2.81. The molecule has 0 N–H and O–H groups in total. The van der Waals surface area contributed by atoms with Gasteiger partial charge in [0.05, 0.1) is 11.2 Å². The lowest BCUT2D eigenvalue weighted by Crippen LogP contribution is -2.00. The van der Waals surface area contributed by atoms with Crippen LogP contribution in [0.1, 0.15) is 23.8 Å². The third-order valence-electron chi connectivity index (χ3n) is 3.27. The van der Waals surface area contributed by atoms with Gasteiger partial charge in [0.1, 0.15) is 29.7 Å². The van der Waals surface area contributed by atoms with Gasteiger partial charge in [-0.3, -0.25) is 0 Å². The Labute approximate surface area is 161 Å². The molecule has 142 valence electrons. The lowest BCUT2D eigenvalue weighted by molar-refractivity contribution is 0.135. The molecule has 2 aromatic heterocycles. The second kappa shape index (κ2) is 8.49. The summed E-state index contributed by atoms with van der Waals surface area (Å²) in [6, 6.07) is 7.23. The zero-order valence-electron chi connectivity index (χ0n) is 13.8. The van der Waals surface area contributed by atoms with Gasteiger partial charge in [-0.1, -0.05) is 23.4 Å². The second-order valence-electron chi connectivity index (χ2n) is 5.07. The molecule has 11 heteroatoms. The van der Waals surface area contributed by atoms with Gasteiger partial charge in [-0.2, -0.15) is 9.78 Å². The van der Waals surface area contributed by atoms with Gasteiger partial charge in [-0.25, -0.2) is 13.2 Å². The molecule has 3 aromatic rings. The van der Waals surface area contributed by atoms with Crippen molar-refractivity contribution in [3.05, 3.63) is 58.5 Å². The maximum Gasteiger partial charge on any atom is 0.299 e. The third kappa shape index (κ3) is 4.64. The first-order chi connectivity index (χ1) is 13.0. The normalized spacial score (nSPS) is 11.6. The quantitative estimate of drug-likeness (QED) is 0.409. The smallest absolute Gasteiger partial charge is 0.299 e. The highest BCUT2D eigenvalue weighted by Gasteiger charge is 2.19. The second-order valence-corrected chi connectivity index (χ2v) is 6.25. The summed E-state index contributed by atoms with van der Waals surface area (Å²) in [5.41, 5.74) is 0. The van der Waals surface area contributed by atoms with E-state index < -0.39 is 18.1 Å². The molecule has 0 radical (unpaired) electrons. The molecule has 0 aliphatic heterocycles. The molecule has 1 aromatic carbocycles. The number of furan rings is 1. The van der Waals surface area contributed by atoms with Crippen LogP contribution in [0, 0.1) is 5.82 Å². The van der Waals surface area contributed by atoms with Gasteiger partial charge < -0.3 is 9.15 Å². The number of rotatable bonds is 7. The van der Waals surface area contributed by atoms with E-state index in [0.717, 1.165) is 16.4 Å². The molecule has 0 unspecified atom stereocenters. The zero-order valence-corrected chi connectivity index (χ0v) is 15.3. The number of ether oxygens (including phenoxy) is 1. The molecule has 0 fully saturated rings. The number of halogens is 4. The van der Waals surface area contributed by atoms with Gasteiger partial charge in [0, 0.05) is 6.07 Å². The zero-order chi connectivity index (χ0) is 19.4. The first kappa shape index (κ1) is 19.3. The molecule has 3 rings (SSSR count). The van der Waals surface area contributed by atoms with Crippen LogP contribution in [0.5, 0.6) is 5.75 Å². The predicted octanol–water partition coefficient (Wildman–Crippen LogP) is 4.78. The summed E-state index contributed by atoms with van der Waals surface area (Å²) >= 11 is 6.82. The highest BCUT2D eigenvalue weighted by atomic mass is 35.5. The molecule has 0 aliphatic carbocycles. The van der Waals surface area contributed by atoms with Crippen molar-refractivity contribution in [1.29, 1.82) is 0 Å². The van der Waals surface area contributed by atoms with E-state index in [0.29, 0.717) is 17.3 Å². The number of alkyl halides is 2. The van der Waals surface area contributed by atoms with Crippen molar-refractivity contribution in [3.63, 3.8) is 0 Å². The summed E-state index contributed by atoms with van der Waals surface area (Å²) in [7, 11) is 0. The summed E-state index contributed by atoms with van der Waals surface area (Å²) in [6.45, 7) is 0.0702. The average Bonchev–Trinajstić information content (AvgIpc) is 3.27. The molecule has 0 saturated carbocycles. The Morgan fingerprint density at radius 1 is 1.33 bits per heavy atom. The van der Waals surface area contributed by atoms with Crippen molar-refractivity contribution in [2.45, 2.75) is 18.2 Å². The lowest BCUT2D eigenvalue weighted by atomic mass is 10.3. The number of benzene rings is 1. The maximum atomic E-state index is 13.1. The first-order valence-corrected chi connectivity index (χ1v) is 9.06. The fourth-order valence-electron chi connectivity index (χ4n) is 2.03. The Balaban J connectivity index is 1.68. The molecule has 0 saturated heterocycles. The van der Waals surface area contributed by atoms with Crippen LogP contribution < -0.4 is 4.74 Å². The highest BCUT2D eigenvalue weighted by Crippen LogP contribution is 2.23. The molecular formula is C16H12ClF3N4O2S.